The number of H-pyrrole nitrogens is 1. The Balaban J connectivity index is 1.39. The molecule has 1 saturated heterocycles. The molecular weight excluding hydrogens is 364 g/mol. The highest BCUT2D eigenvalue weighted by molar-refractivity contribution is 5.93. The van der Waals surface area contributed by atoms with E-state index in [2.05, 4.69) is 46.3 Å². The Kier molecular flexibility index (Phi) is 5.51. The molecule has 1 aliphatic heterocycles. The first-order valence-corrected chi connectivity index (χ1v) is 10.0. The van der Waals surface area contributed by atoms with Crippen LogP contribution in [0.5, 0.6) is 5.75 Å². The molecule has 1 N–H and O–H groups in total. The van der Waals surface area contributed by atoms with E-state index < -0.39 is 0 Å². The lowest BCUT2D eigenvalue weighted by atomic mass is 10.1. The van der Waals surface area contributed by atoms with Gasteiger partial charge in [-0.3, -0.25) is 9.89 Å². The molecule has 3 aromatic rings. The van der Waals surface area contributed by atoms with Crippen molar-refractivity contribution in [2.75, 3.05) is 37.7 Å². The summed E-state index contributed by atoms with van der Waals surface area (Å²) >= 11 is 0. The Hall–Kier alpha value is -3.28. The summed E-state index contributed by atoms with van der Waals surface area (Å²) in [7, 11) is 0. The minimum absolute atomic E-state index is 0.00132. The van der Waals surface area contributed by atoms with Crippen LogP contribution < -0.4 is 9.64 Å². The van der Waals surface area contributed by atoms with E-state index in [1.54, 1.807) is 0 Å². The van der Waals surface area contributed by atoms with Crippen LogP contribution >= 0.6 is 0 Å². The van der Waals surface area contributed by atoms with Gasteiger partial charge in [0.25, 0.3) is 5.91 Å². The van der Waals surface area contributed by atoms with E-state index in [-0.39, 0.29) is 5.91 Å². The molecule has 0 aliphatic carbocycles. The maximum absolute atomic E-state index is 12.9. The number of aromatic amines is 1. The Morgan fingerprint density at radius 1 is 1.07 bits per heavy atom. The first-order valence-electron chi connectivity index (χ1n) is 10.0. The van der Waals surface area contributed by atoms with Crippen molar-refractivity contribution >= 4 is 11.6 Å². The fourth-order valence-corrected chi connectivity index (χ4v) is 3.63. The number of benzene rings is 2. The number of hydrogen-bond acceptors (Lipinski definition) is 4. The van der Waals surface area contributed by atoms with Crippen LogP contribution in [0.2, 0.25) is 0 Å². The van der Waals surface area contributed by atoms with Gasteiger partial charge in [0.1, 0.15) is 11.4 Å². The summed E-state index contributed by atoms with van der Waals surface area (Å²) in [4.78, 5) is 17.1. The number of rotatable bonds is 5. The van der Waals surface area contributed by atoms with Crippen LogP contribution in [-0.2, 0) is 0 Å². The van der Waals surface area contributed by atoms with Crippen LogP contribution in [0.15, 0.2) is 54.6 Å². The number of carbonyl (C=O) groups is 1. The number of ether oxygens (including phenoxy) is 1. The lowest BCUT2D eigenvalue weighted by Crippen LogP contribution is -2.48. The third-order valence-corrected chi connectivity index (χ3v) is 5.20. The second-order valence-corrected chi connectivity index (χ2v) is 7.24. The van der Waals surface area contributed by atoms with Gasteiger partial charge in [0.2, 0.25) is 0 Å². The van der Waals surface area contributed by atoms with Crippen molar-refractivity contribution in [3.63, 3.8) is 0 Å². The highest BCUT2D eigenvalue weighted by atomic mass is 16.5. The maximum atomic E-state index is 12.9. The molecule has 29 heavy (non-hydrogen) atoms. The molecular formula is C23H26N4O2. The fourth-order valence-electron chi connectivity index (χ4n) is 3.63. The molecule has 1 amide bonds. The minimum atomic E-state index is -0.00132. The highest BCUT2D eigenvalue weighted by Gasteiger charge is 2.24. The van der Waals surface area contributed by atoms with Gasteiger partial charge in [-0.15, -0.1) is 0 Å². The smallest absolute Gasteiger partial charge is 0.272 e. The number of piperazine rings is 1. The van der Waals surface area contributed by atoms with E-state index in [1.807, 2.05) is 42.2 Å². The molecule has 0 saturated carbocycles. The van der Waals surface area contributed by atoms with Gasteiger partial charge in [-0.1, -0.05) is 12.1 Å². The molecule has 4 rings (SSSR count). The fraction of sp³-hybridized carbons (Fsp3) is 0.304. The molecule has 1 fully saturated rings. The van der Waals surface area contributed by atoms with Gasteiger partial charge in [0.15, 0.2) is 0 Å². The lowest BCUT2D eigenvalue weighted by molar-refractivity contribution is 0.0741. The van der Waals surface area contributed by atoms with Gasteiger partial charge < -0.3 is 14.5 Å². The van der Waals surface area contributed by atoms with Crippen molar-refractivity contribution in [2.24, 2.45) is 0 Å². The number of carbonyl (C=O) groups excluding carboxylic acids is 1. The summed E-state index contributed by atoms with van der Waals surface area (Å²) in [5, 5.41) is 7.23. The normalized spacial score (nSPS) is 14.1. The zero-order valence-electron chi connectivity index (χ0n) is 16.9. The summed E-state index contributed by atoms with van der Waals surface area (Å²) in [6, 6.07) is 18.1. The van der Waals surface area contributed by atoms with Crippen LogP contribution in [0, 0.1) is 6.92 Å². The van der Waals surface area contributed by atoms with Gasteiger partial charge in [-0.05, 0) is 61.9 Å². The van der Waals surface area contributed by atoms with Crippen LogP contribution in [0.3, 0.4) is 0 Å². The summed E-state index contributed by atoms with van der Waals surface area (Å²) in [6.07, 6.45) is 0. The SMILES string of the molecule is CCOc1ccc(-c2cc(C(=O)N3CCN(c4cccc(C)c4)CC3)[nH]n2)cc1. The van der Waals surface area contributed by atoms with Crippen molar-refractivity contribution < 1.29 is 9.53 Å². The number of nitrogens with zero attached hydrogens (tertiary/aromatic N) is 3. The standard InChI is InChI=1S/C23H26N4O2/c1-3-29-20-9-7-18(8-10-20)21-16-22(25-24-21)23(28)27-13-11-26(12-14-27)19-6-4-5-17(2)15-19/h4-10,15-16H,3,11-14H2,1-2H3,(H,24,25). The quantitative estimate of drug-likeness (QED) is 0.721. The van der Waals surface area contributed by atoms with Crippen molar-refractivity contribution in [1.29, 1.82) is 0 Å². The van der Waals surface area contributed by atoms with E-state index in [1.165, 1.54) is 11.3 Å². The molecule has 150 valence electrons. The Morgan fingerprint density at radius 3 is 2.52 bits per heavy atom. The number of hydrogen-bond donors (Lipinski definition) is 1. The molecule has 1 aliphatic rings. The van der Waals surface area contributed by atoms with Crippen molar-refractivity contribution in [2.45, 2.75) is 13.8 Å². The van der Waals surface area contributed by atoms with E-state index in [9.17, 15) is 4.79 Å². The zero-order chi connectivity index (χ0) is 20.2. The molecule has 6 nitrogen and oxygen atoms in total. The summed E-state index contributed by atoms with van der Waals surface area (Å²) < 4.78 is 5.47. The maximum Gasteiger partial charge on any atom is 0.272 e. The first-order chi connectivity index (χ1) is 14.1. The molecule has 0 unspecified atom stereocenters. The average Bonchev–Trinajstić information content (AvgIpc) is 3.24. The van der Waals surface area contributed by atoms with Crippen LogP contribution in [0.4, 0.5) is 5.69 Å². The second-order valence-electron chi connectivity index (χ2n) is 7.24. The average molecular weight is 390 g/mol. The summed E-state index contributed by atoms with van der Waals surface area (Å²) in [6.45, 7) is 7.75. The second kappa shape index (κ2) is 8.39. The Morgan fingerprint density at radius 2 is 1.83 bits per heavy atom. The predicted octanol–water partition coefficient (Wildman–Crippen LogP) is 3.75. The third-order valence-electron chi connectivity index (χ3n) is 5.20. The molecule has 1 aromatic heterocycles. The summed E-state index contributed by atoms with van der Waals surface area (Å²) in [5.74, 6) is 0.827. The van der Waals surface area contributed by atoms with Gasteiger partial charge >= 0.3 is 0 Å². The molecule has 6 heteroatoms. The minimum Gasteiger partial charge on any atom is -0.494 e. The van der Waals surface area contributed by atoms with Crippen LogP contribution in [0.25, 0.3) is 11.3 Å². The third kappa shape index (κ3) is 4.26. The van der Waals surface area contributed by atoms with Gasteiger partial charge in [0.05, 0.1) is 12.3 Å². The van der Waals surface area contributed by atoms with Gasteiger partial charge in [-0.2, -0.15) is 5.10 Å². The van der Waals surface area contributed by atoms with Crippen molar-refractivity contribution in [1.82, 2.24) is 15.1 Å². The zero-order valence-corrected chi connectivity index (χ0v) is 16.9. The summed E-state index contributed by atoms with van der Waals surface area (Å²) in [5.41, 5.74) is 4.71. The number of amides is 1. The Bertz CT molecular complexity index is 973. The largest absolute Gasteiger partial charge is 0.494 e. The van der Waals surface area contributed by atoms with Gasteiger partial charge in [-0.25, -0.2) is 0 Å². The number of aryl methyl sites for hydroxylation is 1. The molecule has 0 bridgehead atoms. The Labute approximate surface area is 171 Å². The topological polar surface area (TPSA) is 61.5 Å². The van der Waals surface area contributed by atoms with Crippen molar-refractivity contribution in [3.8, 4) is 17.0 Å². The number of nitrogens with one attached hydrogen (secondary N) is 1. The van der Waals surface area contributed by atoms with Crippen LogP contribution in [0.1, 0.15) is 23.0 Å². The van der Waals surface area contributed by atoms with Crippen LogP contribution in [-0.4, -0.2) is 53.8 Å². The number of anilines is 1. The molecule has 0 spiro atoms. The van der Waals surface area contributed by atoms with E-state index in [0.29, 0.717) is 25.4 Å². The van der Waals surface area contributed by atoms with Gasteiger partial charge in [0, 0.05) is 37.4 Å². The molecule has 2 aromatic carbocycles. The predicted molar refractivity (Wildman–Crippen MR) is 114 cm³/mol. The highest BCUT2D eigenvalue weighted by Crippen LogP contribution is 2.23. The number of aromatic nitrogens is 2. The molecule has 0 radical (unpaired) electrons. The van der Waals surface area contributed by atoms with E-state index in [0.717, 1.165) is 30.1 Å². The van der Waals surface area contributed by atoms with E-state index >= 15 is 0 Å². The first kappa shape index (κ1) is 19.1. The lowest BCUT2D eigenvalue weighted by Gasteiger charge is -2.36. The molecule has 2 heterocycles. The van der Waals surface area contributed by atoms with E-state index in [4.69, 9.17) is 4.74 Å². The van der Waals surface area contributed by atoms with Crippen molar-refractivity contribution in [3.05, 3.63) is 65.9 Å². The monoisotopic (exact) mass is 390 g/mol. The molecule has 0 atom stereocenters.